The summed E-state index contributed by atoms with van der Waals surface area (Å²) < 4.78 is 5.25. The summed E-state index contributed by atoms with van der Waals surface area (Å²) in [6, 6.07) is 6.66. The van der Waals surface area contributed by atoms with Crippen LogP contribution in [0.3, 0.4) is 0 Å². The van der Waals surface area contributed by atoms with E-state index in [4.69, 9.17) is 4.74 Å². The van der Waals surface area contributed by atoms with E-state index in [1.807, 2.05) is 6.92 Å². The number of ether oxygens (including phenoxy) is 1. The molecule has 1 aromatic carbocycles. The van der Waals surface area contributed by atoms with E-state index in [-0.39, 0.29) is 11.5 Å². The van der Waals surface area contributed by atoms with Crippen molar-refractivity contribution in [3.05, 3.63) is 34.9 Å². The van der Waals surface area contributed by atoms with Gasteiger partial charge >= 0.3 is 5.97 Å². The first-order valence-corrected chi connectivity index (χ1v) is 8.08. The van der Waals surface area contributed by atoms with Crippen molar-refractivity contribution >= 4 is 5.97 Å². The van der Waals surface area contributed by atoms with E-state index in [9.17, 15) is 4.79 Å². The summed E-state index contributed by atoms with van der Waals surface area (Å²) in [5.41, 5.74) is 3.80. The molecule has 1 aliphatic rings. The Labute approximate surface area is 128 Å². The van der Waals surface area contributed by atoms with Gasteiger partial charge in [0.15, 0.2) is 0 Å². The van der Waals surface area contributed by atoms with Gasteiger partial charge in [0.25, 0.3) is 0 Å². The predicted molar refractivity (Wildman–Crippen MR) is 85.3 cm³/mol. The number of benzene rings is 1. The number of carbonyl (C=O) groups is 1. The highest BCUT2D eigenvalue weighted by molar-refractivity contribution is 5.72. The summed E-state index contributed by atoms with van der Waals surface area (Å²) in [6.07, 6.45) is 2.51. The van der Waals surface area contributed by atoms with Gasteiger partial charge in [-0.3, -0.25) is 9.69 Å². The van der Waals surface area contributed by atoms with Crippen molar-refractivity contribution in [2.45, 2.75) is 52.5 Å². The number of hydrogen-bond acceptors (Lipinski definition) is 3. The molecular weight excluding hydrogens is 262 g/mol. The van der Waals surface area contributed by atoms with Crippen molar-refractivity contribution in [1.29, 1.82) is 0 Å². The molecule has 1 unspecified atom stereocenters. The molecule has 116 valence electrons. The number of rotatable bonds is 6. The summed E-state index contributed by atoms with van der Waals surface area (Å²) in [5, 5.41) is 0. The van der Waals surface area contributed by atoms with Crippen LogP contribution < -0.4 is 0 Å². The fourth-order valence-electron chi connectivity index (χ4n) is 3.72. The van der Waals surface area contributed by atoms with Crippen molar-refractivity contribution in [3.63, 3.8) is 0 Å². The van der Waals surface area contributed by atoms with Crippen LogP contribution in [-0.4, -0.2) is 30.6 Å². The standard InChI is InChI=1S/C18H27NO2/c1-5-19(6-2)18(13-17(20)21-7-3)11-10-15-9-8-14(4)12-16(15)18/h8-9,12H,5-7,10-11,13H2,1-4H3. The van der Waals surface area contributed by atoms with Gasteiger partial charge in [0.1, 0.15) is 0 Å². The number of aryl methyl sites for hydroxylation is 2. The molecule has 0 saturated carbocycles. The molecule has 3 heteroatoms. The molecule has 0 heterocycles. The lowest BCUT2D eigenvalue weighted by molar-refractivity contribution is -0.147. The maximum absolute atomic E-state index is 12.2. The Morgan fingerprint density at radius 2 is 2.00 bits per heavy atom. The first-order chi connectivity index (χ1) is 10.1. The summed E-state index contributed by atoms with van der Waals surface area (Å²) in [6.45, 7) is 10.7. The summed E-state index contributed by atoms with van der Waals surface area (Å²) in [4.78, 5) is 14.6. The Morgan fingerprint density at radius 1 is 1.29 bits per heavy atom. The molecule has 0 radical (unpaired) electrons. The van der Waals surface area contributed by atoms with Crippen molar-refractivity contribution in [1.82, 2.24) is 4.90 Å². The van der Waals surface area contributed by atoms with Gasteiger partial charge in [0, 0.05) is 0 Å². The third kappa shape index (κ3) is 2.98. The SMILES string of the molecule is CCOC(=O)CC1(N(CC)CC)CCc2ccc(C)cc21. The fourth-order valence-corrected chi connectivity index (χ4v) is 3.72. The average molecular weight is 289 g/mol. The van der Waals surface area contributed by atoms with E-state index in [2.05, 4.69) is 43.9 Å². The smallest absolute Gasteiger partial charge is 0.308 e. The Kier molecular flexibility index (Phi) is 5.04. The van der Waals surface area contributed by atoms with E-state index in [1.54, 1.807) is 0 Å². The number of nitrogens with zero attached hydrogens (tertiary/aromatic N) is 1. The monoisotopic (exact) mass is 289 g/mol. The van der Waals surface area contributed by atoms with Crippen molar-refractivity contribution in [2.75, 3.05) is 19.7 Å². The van der Waals surface area contributed by atoms with E-state index in [0.717, 1.165) is 25.9 Å². The maximum Gasteiger partial charge on any atom is 0.308 e. The van der Waals surface area contributed by atoms with Gasteiger partial charge in [-0.25, -0.2) is 0 Å². The molecule has 0 fully saturated rings. The topological polar surface area (TPSA) is 29.5 Å². The van der Waals surface area contributed by atoms with Gasteiger partial charge in [0.2, 0.25) is 0 Å². The second-order valence-corrected chi connectivity index (χ2v) is 5.85. The predicted octanol–water partition coefficient (Wildman–Crippen LogP) is 3.43. The molecule has 0 aliphatic heterocycles. The molecule has 1 aliphatic carbocycles. The maximum atomic E-state index is 12.2. The van der Waals surface area contributed by atoms with Crippen molar-refractivity contribution in [3.8, 4) is 0 Å². The lowest BCUT2D eigenvalue weighted by Crippen LogP contribution is -2.46. The van der Waals surface area contributed by atoms with E-state index in [0.29, 0.717) is 13.0 Å². The quantitative estimate of drug-likeness (QED) is 0.751. The molecule has 0 bridgehead atoms. The molecule has 1 aromatic rings. The third-order valence-corrected chi connectivity index (χ3v) is 4.69. The molecule has 21 heavy (non-hydrogen) atoms. The lowest BCUT2D eigenvalue weighted by Gasteiger charge is -2.40. The number of carbonyl (C=O) groups excluding carboxylic acids is 1. The molecule has 0 N–H and O–H groups in total. The second-order valence-electron chi connectivity index (χ2n) is 5.85. The van der Waals surface area contributed by atoms with Gasteiger partial charge in [-0.05, 0) is 50.9 Å². The van der Waals surface area contributed by atoms with Crippen molar-refractivity contribution in [2.24, 2.45) is 0 Å². The molecule has 3 nitrogen and oxygen atoms in total. The molecule has 2 rings (SSSR count). The number of hydrogen-bond donors (Lipinski definition) is 0. The Balaban J connectivity index is 2.44. The zero-order valence-corrected chi connectivity index (χ0v) is 13.7. The zero-order chi connectivity index (χ0) is 15.5. The first kappa shape index (κ1) is 16.0. The van der Waals surface area contributed by atoms with E-state index >= 15 is 0 Å². The lowest BCUT2D eigenvalue weighted by atomic mass is 9.85. The summed E-state index contributed by atoms with van der Waals surface area (Å²) >= 11 is 0. The Hall–Kier alpha value is -1.35. The van der Waals surface area contributed by atoms with Gasteiger partial charge in [-0.1, -0.05) is 37.6 Å². The highest BCUT2D eigenvalue weighted by Gasteiger charge is 2.44. The highest BCUT2D eigenvalue weighted by Crippen LogP contribution is 2.44. The Morgan fingerprint density at radius 3 is 2.62 bits per heavy atom. The van der Waals surface area contributed by atoms with Crippen LogP contribution >= 0.6 is 0 Å². The van der Waals surface area contributed by atoms with Crippen LogP contribution in [0.5, 0.6) is 0 Å². The molecule has 1 atom stereocenters. The molecule has 0 spiro atoms. The fraction of sp³-hybridized carbons (Fsp3) is 0.611. The van der Waals surface area contributed by atoms with Gasteiger partial charge < -0.3 is 4.74 Å². The molecule has 0 saturated heterocycles. The van der Waals surface area contributed by atoms with Crippen LogP contribution in [0.25, 0.3) is 0 Å². The van der Waals surface area contributed by atoms with Gasteiger partial charge in [0.05, 0.1) is 18.6 Å². The second kappa shape index (κ2) is 6.61. The minimum atomic E-state index is -0.183. The number of fused-ring (bicyclic) bond motifs is 1. The van der Waals surface area contributed by atoms with Gasteiger partial charge in [-0.15, -0.1) is 0 Å². The van der Waals surface area contributed by atoms with Crippen LogP contribution in [-0.2, 0) is 21.5 Å². The Bertz CT molecular complexity index is 508. The molecule has 0 amide bonds. The van der Waals surface area contributed by atoms with Crippen LogP contribution in [0.2, 0.25) is 0 Å². The van der Waals surface area contributed by atoms with E-state index < -0.39 is 0 Å². The first-order valence-electron chi connectivity index (χ1n) is 8.08. The third-order valence-electron chi connectivity index (χ3n) is 4.69. The normalized spacial score (nSPS) is 20.6. The van der Waals surface area contributed by atoms with Crippen LogP contribution in [0.15, 0.2) is 18.2 Å². The van der Waals surface area contributed by atoms with Gasteiger partial charge in [-0.2, -0.15) is 0 Å². The van der Waals surface area contributed by atoms with Crippen LogP contribution in [0.1, 0.15) is 50.3 Å². The molecule has 0 aromatic heterocycles. The zero-order valence-electron chi connectivity index (χ0n) is 13.7. The average Bonchev–Trinajstić information content (AvgIpc) is 2.80. The van der Waals surface area contributed by atoms with Crippen LogP contribution in [0, 0.1) is 6.92 Å². The van der Waals surface area contributed by atoms with Crippen molar-refractivity contribution < 1.29 is 9.53 Å². The highest BCUT2D eigenvalue weighted by atomic mass is 16.5. The van der Waals surface area contributed by atoms with E-state index in [1.165, 1.54) is 16.7 Å². The minimum Gasteiger partial charge on any atom is -0.466 e. The molecular formula is C18H27NO2. The minimum absolute atomic E-state index is 0.0845. The summed E-state index contributed by atoms with van der Waals surface area (Å²) in [5.74, 6) is -0.0845. The number of esters is 1. The van der Waals surface area contributed by atoms with Crippen LogP contribution in [0.4, 0.5) is 0 Å². The largest absolute Gasteiger partial charge is 0.466 e. The summed E-state index contributed by atoms with van der Waals surface area (Å²) in [7, 11) is 0.